The summed E-state index contributed by atoms with van der Waals surface area (Å²) in [6.07, 6.45) is 3.17. The molecule has 4 nitrogen and oxygen atoms in total. The lowest BCUT2D eigenvalue weighted by molar-refractivity contribution is -0.153. The van der Waals surface area contributed by atoms with Crippen LogP contribution in [0, 0.1) is 12.3 Å². The van der Waals surface area contributed by atoms with Gasteiger partial charge in [-0.1, -0.05) is 12.8 Å². The van der Waals surface area contributed by atoms with E-state index < -0.39 is 11.4 Å². The van der Waals surface area contributed by atoms with Gasteiger partial charge < -0.3 is 10.0 Å². The van der Waals surface area contributed by atoms with Crippen LogP contribution in [0.15, 0.2) is 12.1 Å². The molecule has 1 unspecified atom stereocenters. The summed E-state index contributed by atoms with van der Waals surface area (Å²) in [6.45, 7) is 4.03. The van der Waals surface area contributed by atoms with Gasteiger partial charge in [-0.25, -0.2) is 0 Å². The van der Waals surface area contributed by atoms with Crippen molar-refractivity contribution in [2.24, 2.45) is 5.41 Å². The summed E-state index contributed by atoms with van der Waals surface area (Å²) in [7, 11) is 1.77. The molecule has 2 rings (SSSR count). The van der Waals surface area contributed by atoms with Gasteiger partial charge in [0.2, 0.25) is 5.91 Å². The fourth-order valence-corrected chi connectivity index (χ4v) is 3.99. The number of hydrogen-bond donors (Lipinski definition) is 1. The summed E-state index contributed by atoms with van der Waals surface area (Å²) in [6, 6.07) is 4.07. The second-order valence-electron chi connectivity index (χ2n) is 6.10. The smallest absolute Gasteiger partial charge is 0.310 e. The van der Waals surface area contributed by atoms with E-state index in [0.717, 1.165) is 17.7 Å². The third-order valence-corrected chi connectivity index (χ3v) is 5.82. The van der Waals surface area contributed by atoms with Crippen LogP contribution in [0.25, 0.3) is 0 Å². The molecule has 0 aromatic carbocycles. The van der Waals surface area contributed by atoms with Crippen LogP contribution in [-0.4, -0.2) is 28.9 Å². The molecule has 0 aliphatic heterocycles. The molecule has 0 saturated heterocycles. The van der Waals surface area contributed by atoms with Gasteiger partial charge in [0, 0.05) is 23.2 Å². The van der Waals surface area contributed by atoms with E-state index in [1.165, 1.54) is 4.88 Å². The maximum atomic E-state index is 12.5. The highest BCUT2D eigenvalue weighted by atomic mass is 32.1. The Hall–Kier alpha value is -1.36. The van der Waals surface area contributed by atoms with E-state index in [4.69, 9.17) is 0 Å². The monoisotopic (exact) mass is 309 g/mol. The number of carboxylic acid groups (broad SMARTS) is 1. The number of hydrogen-bond acceptors (Lipinski definition) is 3. The highest BCUT2D eigenvalue weighted by Gasteiger charge is 2.43. The molecule has 5 heteroatoms. The number of thiophene rings is 1. The number of rotatable bonds is 5. The molecule has 1 atom stereocenters. The van der Waals surface area contributed by atoms with Crippen molar-refractivity contribution in [2.75, 3.05) is 7.05 Å². The average Bonchev–Trinajstić information content (AvgIpc) is 3.07. The molecule has 0 radical (unpaired) electrons. The van der Waals surface area contributed by atoms with Crippen LogP contribution < -0.4 is 0 Å². The van der Waals surface area contributed by atoms with Crippen LogP contribution in [0.2, 0.25) is 0 Å². The van der Waals surface area contributed by atoms with Crippen LogP contribution in [0.1, 0.15) is 54.8 Å². The lowest BCUT2D eigenvalue weighted by atomic mass is 9.82. The van der Waals surface area contributed by atoms with E-state index in [1.54, 1.807) is 23.3 Å². The van der Waals surface area contributed by atoms with Gasteiger partial charge in [-0.05, 0) is 38.8 Å². The standard InChI is InChI=1S/C16H23NO3S/c1-11-6-7-13(21-11)12(2)17(3)14(18)10-16(15(19)20)8-4-5-9-16/h6-7,12H,4-5,8-10H2,1-3H3,(H,19,20). The van der Waals surface area contributed by atoms with Gasteiger partial charge in [0.25, 0.3) is 0 Å². The van der Waals surface area contributed by atoms with Crippen molar-refractivity contribution in [1.82, 2.24) is 4.90 Å². The molecule has 0 bridgehead atoms. The minimum Gasteiger partial charge on any atom is -0.481 e. The number of nitrogens with zero attached hydrogens (tertiary/aromatic N) is 1. The number of aryl methyl sites for hydroxylation is 1. The first-order chi connectivity index (χ1) is 9.85. The Morgan fingerprint density at radius 1 is 1.38 bits per heavy atom. The minimum absolute atomic E-state index is 0.0107. The summed E-state index contributed by atoms with van der Waals surface area (Å²) >= 11 is 1.68. The molecule has 1 N–H and O–H groups in total. The Kier molecular flexibility index (Phi) is 4.71. The number of aliphatic carboxylic acids is 1. The highest BCUT2D eigenvalue weighted by molar-refractivity contribution is 7.12. The highest BCUT2D eigenvalue weighted by Crippen LogP contribution is 2.42. The second-order valence-corrected chi connectivity index (χ2v) is 7.42. The maximum absolute atomic E-state index is 12.5. The lowest BCUT2D eigenvalue weighted by Gasteiger charge is -2.29. The summed E-state index contributed by atoms with van der Waals surface area (Å²) in [5.74, 6) is -0.890. The van der Waals surface area contributed by atoms with Crippen molar-refractivity contribution in [1.29, 1.82) is 0 Å². The van der Waals surface area contributed by atoms with Crippen molar-refractivity contribution in [2.45, 2.75) is 52.0 Å². The molecule has 1 heterocycles. The molecule has 1 aliphatic carbocycles. The van der Waals surface area contributed by atoms with Gasteiger partial charge >= 0.3 is 5.97 Å². The van der Waals surface area contributed by atoms with Crippen molar-refractivity contribution >= 4 is 23.2 Å². The second kappa shape index (κ2) is 6.18. The largest absolute Gasteiger partial charge is 0.481 e. The molecule has 1 aliphatic rings. The first-order valence-electron chi connectivity index (χ1n) is 7.41. The zero-order valence-electron chi connectivity index (χ0n) is 12.9. The molecule has 21 heavy (non-hydrogen) atoms. The number of carbonyl (C=O) groups excluding carboxylic acids is 1. The Morgan fingerprint density at radius 3 is 2.48 bits per heavy atom. The van der Waals surface area contributed by atoms with Crippen LogP contribution in [0.5, 0.6) is 0 Å². The van der Waals surface area contributed by atoms with Gasteiger partial charge in [0.05, 0.1) is 11.5 Å². The first kappa shape index (κ1) is 16.0. The van der Waals surface area contributed by atoms with Crippen molar-refractivity contribution in [3.63, 3.8) is 0 Å². The molecule has 1 aromatic heterocycles. The predicted molar refractivity (Wildman–Crippen MR) is 83.4 cm³/mol. The Balaban J connectivity index is 2.07. The molecular weight excluding hydrogens is 286 g/mol. The third kappa shape index (κ3) is 3.28. The van der Waals surface area contributed by atoms with E-state index in [0.29, 0.717) is 12.8 Å². The zero-order chi connectivity index (χ0) is 15.6. The van der Waals surface area contributed by atoms with E-state index in [-0.39, 0.29) is 18.4 Å². The summed E-state index contributed by atoms with van der Waals surface area (Å²) in [4.78, 5) is 28.1. The maximum Gasteiger partial charge on any atom is 0.310 e. The number of carboxylic acids is 1. The Labute approximate surface area is 129 Å². The van der Waals surface area contributed by atoms with Crippen molar-refractivity contribution < 1.29 is 14.7 Å². The number of amides is 1. The van der Waals surface area contributed by atoms with Crippen LogP contribution in [0.4, 0.5) is 0 Å². The number of carbonyl (C=O) groups is 2. The average molecular weight is 309 g/mol. The first-order valence-corrected chi connectivity index (χ1v) is 8.23. The van der Waals surface area contributed by atoms with E-state index in [1.807, 2.05) is 26.0 Å². The van der Waals surface area contributed by atoms with Gasteiger partial charge in [-0.2, -0.15) is 0 Å². The fourth-order valence-electron chi connectivity index (χ4n) is 3.02. The molecule has 1 amide bonds. The van der Waals surface area contributed by atoms with Crippen LogP contribution >= 0.6 is 11.3 Å². The van der Waals surface area contributed by atoms with E-state index in [2.05, 4.69) is 0 Å². The minimum atomic E-state index is -0.837. The molecular formula is C16H23NO3S. The third-order valence-electron chi connectivity index (χ3n) is 4.65. The summed E-state index contributed by atoms with van der Waals surface area (Å²) < 4.78 is 0. The van der Waals surface area contributed by atoms with Crippen LogP contribution in [-0.2, 0) is 9.59 Å². The molecule has 116 valence electrons. The summed E-state index contributed by atoms with van der Waals surface area (Å²) in [5, 5.41) is 9.48. The van der Waals surface area contributed by atoms with Gasteiger partial charge in [0.15, 0.2) is 0 Å². The van der Waals surface area contributed by atoms with E-state index in [9.17, 15) is 14.7 Å². The molecule has 1 saturated carbocycles. The topological polar surface area (TPSA) is 57.6 Å². The van der Waals surface area contributed by atoms with Crippen molar-refractivity contribution in [3.05, 3.63) is 21.9 Å². The Bertz CT molecular complexity index is 531. The van der Waals surface area contributed by atoms with Gasteiger partial charge in [-0.15, -0.1) is 11.3 Å². The van der Waals surface area contributed by atoms with Crippen molar-refractivity contribution in [3.8, 4) is 0 Å². The predicted octanol–water partition coefficient (Wildman–Crippen LogP) is 3.61. The fraction of sp³-hybridized carbons (Fsp3) is 0.625. The van der Waals surface area contributed by atoms with Gasteiger partial charge in [-0.3, -0.25) is 9.59 Å². The Morgan fingerprint density at radius 2 is 2.00 bits per heavy atom. The molecule has 1 aromatic rings. The van der Waals surface area contributed by atoms with Crippen LogP contribution in [0.3, 0.4) is 0 Å². The summed E-state index contributed by atoms with van der Waals surface area (Å²) in [5.41, 5.74) is -0.837. The molecule has 0 spiro atoms. The molecule has 1 fully saturated rings. The normalized spacial score (nSPS) is 18.4. The van der Waals surface area contributed by atoms with Gasteiger partial charge in [0.1, 0.15) is 0 Å². The lowest BCUT2D eigenvalue weighted by Crippen LogP contribution is -2.37. The SMILES string of the molecule is Cc1ccc(C(C)N(C)C(=O)CC2(C(=O)O)CCCC2)s1. The quantitative estimate of drug-likeness (QED) is 0.904. The zero-order valence-corrected chi connectivity index (χ0v) is 13.7. The van der Waals surface area contributed by atoms with E-state index >= 15 is 0 Å².